The van der Waals surface area contributed by atoms with E-state index in [0.717, 1.165) is 28.6 Å². The number of aliphatic hydroxyl groups is 1. The van der Waals surface area contributed by atoms with E-state index < -0.39 is 11.6 Å². The van der Waals surface area contributed by atoms with Crippen LogP contribution in [0.3, 0.4) is 0 Å². The van der Waals surface area contributed by atoms with Crippen molar-refractivity contribution in [2.45, 2.75) is 13.0 Å². The Bertz CT molecular complexity index is 641. The molecule has 2 rings (SSSR count). The summed E-state index contributed by atoms with van der Waals surface area (Å²) in [7, 11) is 0. The average Bonchev–Trinajstić information content (AvgIpc) is 2.88. The Morgan fingerprint density at radius 3 is 2.90 bits per heavy atom. The van der Waals surface area contributed by atoms with Gasteiger partial charge in [0.25, 0.3) is 0 Å². The number of rotatable bonds is 4. The van der Waals surface area contributed by atoms with E-state index >= 15 is 0 Å². The number of aliphatic hydroxyl groups excluding tert-OH is 1. The molecule has 0 radical (unpaired) electrons. The lowest BCUT2D eigenvalue weighted by atomic mass is 10.3. The van der Waals surface area contributed by atoms with Crippen LogP contribution in [-0.2, 0) is 6.61 Å². The van der Waals surface area contributed by atoms with E-state index in [0.29, 0.717) is 6.42 Å². The van der Waals surface area contributed by atoms with Crippen LogP contribution < -0.4 is 4.74 Å². The summed E-state index contributed by atoms with van der Waals surface area (Å²) in [6, 6.07) is 4.92. The molecule has 1 aromatic carbocycles. The number of hydrogen-bond acceptors (Lipinski definition) is 3. The molecule has 2 nitrogen and oxygen atoms in total. The SMILES string of the molecule is OCCC#Cc1csc(COc2cc(F)ccc2F)c1. The van der Waals surface area contributed by atoms with Crippen LogP contribution in [0.4, 0.5) is 8.78 Å². The number of ether oxygens (including phenoxy) is 1. The van der Waals surface area contributed by atoms with E-state index in [1.54, 1.807) is 0 Å². The normalized spacial score (nSPS) is 9.95. The van der Waals surface area contributed by atoms with Crippen molar-refractivity contribution in [2.75, 3.05) is 6.61 Å². The van der Waals surface area contributed by atoms with Gasteiger partial charge < -0.3 is 9.84 Å². The molecule has 0 aliphatic rings. The Labute approximate surface area is 119 Å². The highest BCUT2D eigenvalue weighted by atomic mass is 32.1. The van der Waals surface area contributed by atoms with E-state index in [9.17, 15) is 8.78 Å². The largest absolute Gasteiger partial charge is 0.485 e. The van der Waals surface area contributed by atoms with Gasteiger partial charge in [-0.05, 0) is 18.2 Å². The monoisotopic (exact) mass is 294 g/mol. The molecule has 0 bridgehead atoms. The van der Waals surface area contributed by atoms with Crippen molar-refractivity contribution in [1.29, 1.82) is 0 Å². The zero-order valence-electron chi connectivity index (χ0n) is 10.5. The summed E-state index contributed by atoms with van der Waals surface area (Å²) in [5.41, 5.74) is 0.821. The summed E-state index contributed by atoms with van der Waals surface area (Å²) in [4.78, 5) is 0.863. The second kappa shape index (κ2) is 7.04. The molecule has 0 atom stereocenters. The summed E-state index contributed by atoms with van der Waals surface area (Å²) < 4.78 is 31.6. The lowest BCUT2D eigenvalue weighted by Gasteiger charge is -2.05. The van der Waals surface area contributed by atoms with Crippen molar-refractivity contribution in [2.24, 2.45) is 0 Å². The number of benzene rings is 1. The van der Waals surface area contributed by atoms with E-state index in [1.165, 1.54) is 11.3 Å². The molecule has 0 saturated carbocycles. The molecule has 0 spiro atoms. The van der Waals surface area contributed by atoms with Crippen LogP contribution in [-0.4, -0.2) is 11.7 Å². The zero-order valence-corrected chi connectivity index (χ0v) is 11.3. The van der Waals surface area contributed by atoms with Crippen molar-refractivity contribution < 1.29 is 18.6 Å². The van der Waals surface area contributed by atoms with Crippen LogP contribution in [0.15, 0.2) is 29.6 Å². The van der Waals surface area contributed by atoms with Crippen molar-refractivity contribution >= 4 is 11.3 Å². The molecule has 0 unspecified atom stereocenters. The summed E-state index contributed by atoms with van der Waals surface area (Å²) in [6.45, 7) is 0.193. The molecule has 2 aromatic rings. The van der Waals surface area contributed by atoms with Gasteiger partial charge in [0.05, 0.1) is 6.61 Å². The van der Waals surface area contributed by atoms with Crippen LogP contribution in [0.2, 0.25) is 0 Å². The van der Waals surface area contributed by atoms with Crippen molar-refractivity contribution in [3.05, 3.63) is 51.7 Å². The topological polar surface area (TPSA) is 29.5 Å². The van der Waals surface area contributed by atoms with E-state index in [2.05, 4.69) is 11.8 Å². The van der Waals surface area contributed by atoms with Crippen molar-refractivity contribution in [3.63, 3.8) is 0 Å². The third-order valence-electron chi connectivity index (χ3n) is 2.39. The number of halogens is 2. The fourth-order valence-corrected chi connectivity index (χ4v) is 2.21. The predicted octanol–water partition coefficient (Wildman–Crippen LogP) is 3.34. The third-order valence-corrected chi connectivity index (χ3v) is 3.30. The summed E-state index contributed by atoms with van der Waals surface area (Å²) in [5.74, 6) is 4.47. The van der Waals surface area contributed by atoms with Crippen molar-refractivity contribution in [3.8, 4) is 17.6 Å². The Morgan fingerprint density at radius 1 is 1.25 bits per heavy atom. The smallest absolute Gasteiger partial charge is 0.165 e. The molecule has 0 saturated heterocycles. The fourth-order valence-electron chi connectivity index (χ4n) is 1.48. The van der Waals surface area contributed by atoms with Gasteiger partial charge in [0.1, 0.15) is 12.4 Å². The summed E-state index contributed by atoms with van der Waals surface area (Å²) in [6.07, 6.45) is 0.427. The lowest BCUT2D eigenvalue weighted by molar-refractivity contribution is 0.291. The van der Waals surface area contributed by atoms with E-state index in [1.807, 2.05) is 11.4 Å². The minimum atomic E-state index is -0.592. The third kappa shape index (κ3) is 4.05. The molecule has 1 heterocycles. The van der Waals surface area contributed by atoms with Crippen molar-refractivity contribution in [1.82, 2.24) is 0 Å². The molecule has 1 N–H and O–H groups in total. The standard InChI is InChI=1S/C15H12F2O2S/c16-12-4-5-14(17)15(8-12)19-9-13-7-11(10-20-13)3-1-2-6-18/h4-5,7-8,10,18H,2,6,9H2. The predicted molar refractivity (Wildman–Crippen MR) is 73.6 cm³/mol. The Kier molecular flexibility index (Phi) is 5.10. The van der Waals surface area contributed by atoms with Gasteiger partial charge in [-0.3, -0.25) is 0 Å². The first-order chi connectivity index (χ1) is 9.69. The van der Waals surface area contributed by atoms with Gasteiger partial charge >= 0.3 is 0 Å². The minimum absolute atomic E-state index is 0.0337. The van der Waals surface area contributed by atoms with Gasteiger partial charge in [-0.1, -0.05) is 11.8 Å². The first-order valence-corrected chi connectivity index (χ1v) is 6.82. The van der Waals surface area contributed by atoms with Gasteiger partial charge in [-0.15, -0.1) is 11.3 Å². The zero-order chi connectivity index (χ0) is 14.4. The van der Waals surface area contributed by atoms with E-state index in [4.69, 9.17) is 9.84 Å². The van der Waals surface area contributed by atoms with Crippen LogP contribution in [0, 0.1) is 23.5 Å². The van der Waals surface area contributed by atoms with Gasteiger partial charge in [0.15, 0.2) is 11.6 Å². The van der Waals surface area contributed by atoms with Gasteiger partial charge in [0.2, 0.25) is 0 Å². The Balaban J connectivity index is 1.98. The van der Waals surface area contributed by atoms with Gasteiger partial charge in [-0.2, -0.15) is 0 Å². The highest BCUT2D eigenvalue weighted by molar-refractivity contribution is 7.10. The van der Waals surface area contributed by atoms with Gasteiger partial charge in [-0.25, -0.2) is 8.78 Å². The van der Waals surface area contributed by atoms with Gasteiger partial charge in [0, 0.05) is 28.3 Å². The lowest BCUT2D eigenvalue weighted by Crippen LogP contribution is -1.96. The van der Waals surface area contributed by atoms with Crippen LogP contribution in [0.5, 0.6) is 5.75 Å². The number of hydrogen-bond donors (Lipinski definition) is 1. The van der Waals surface area contributed by atoms with E-state index in [-0.39, 0.29) is 19.0 Å². The molecule has 0 aliphatic carbocycles. The van der Waals surface area contributed by atoms with Crippen LogP contribution >= 0.6 is 11.3 Å². The maximum absolute atomic E-state index is 13.3. The molecule has 0 fully saturated rings. The highest BCUT2D eigenvalue weighted by Crippen LogP contribution is 2.21. The van der Waals surface area contributed by atoms with Crippen LogP contribution in [0.25, 0.3) is 0 Å². The Hall–Kier alpha value is -1.90. The van der Waals surface area contributed by atoms with Crippen LogP contribution in [0.1, 0.15) is 16.9 Å². The molecule has 0 amide bonds. The molecule has 1 aromatic heterocycles. The first kappa shape index (κ1) is 14.5. The Morgan fingerprint density at radius 2 is 2.10 bits per heavy atom. The minimum Gasteiger partial charge on any atom is -0.485 e. The molecule has 104 valence electrons. The molecule has 20 heavy (non-hydrogen) atoms. The maximum atomic E-state index is 13.3. The molecule has 5 heteroatoms. The molecular weight excluding hydrogens is 282 g/mol. The number of thiophene rings is 1. The second-order valence-corrected chi connectivity index (χ2v) is 4.94. The molecule has 0 aliphatic heterocycles. The summed E-state index contributed by atoms with van der Waals surface area (Å²) in [5, 5.41) is 10.5. The first-order valence-electron chi connectivity index (χ1n) is 5.94. The molecular formula is C15H12F2O2S. The summed E-state index contributed by atoms with van der Waals surface area (Å²) >= 11 is 1.43. The fraction of sp³-hybridized carbons (Fsp3) is 0.200. The maximum Gasteiger partial charge on any atom is 0.165 e. The highest BCUT2D eigenvalue weighted by Gasteiger charge is 2.06. The average molecular weight is 294 g/mol. The second-order valence-electron chi connectivity index (χ2n) is 3.94. The quantitative estimate of drug-likeness (QED) is 0.876.